The van der Waals surface area contributed by atoms with E-state index in [-0.39, 0.29) is 30.5 Å². The second kappa shape index (κ2) is 7.67. The molecular formula is C24H25BrF3N3O2S. The third kappa shape index (κ3) is 3.59. The summed E-state index contributed by atoms with van der Waals surface area (Å²) in [4.78, 5) is 6.67. The van der Waals surface area contributed by atoms with Crippen LogP contribution < -0.4 is 4.90 Å². The average molecular weight is 556 g/mol. The molecule has 1 aliphatic heterocycles. The lowest BCUT2D eigenvalue weighted by Gasteiger charge is -2.67. The molecule has 10 heteroatoms. The molecule has 0 amide bonds. The monoisotopic (exact) mass is 555 g/mol. The molecule has 1 aromatic carbocycles. The maximum atomic E-state index is 13.8. The van der Waals surface area contributed by atoms with Gasteiger partial charge in [-0.3, -0.25) is 4.98 Å². The number of aromatic nitrogens is 1. The molecule has 182 valence electrons. The minimum absolute atomic E-state index is 0.146. The van der Waals surface area contributed by atoms with Crippen molar-refractivity contribution >= 4 is 31.6 Å². The van der Waals surface area contributed by atoms with Gasteiger partial charge in [0.15, 0.2) is 0 Å². The van der Waals surface area contributed by atoms with Crippen molar-refractivity contribution in [2.75, 3.05) is 11.4 Å². The van der Waals surface area contributed by atoms with Crippen LogP contribution in [-0.4, -0.2) is 35.8 Å². The van der Waals surface area contributed by atoms with Gasteiger partial charge in [-0.25, -0.2) is 8.42 Å². The minimum atomic E-state index is -5.47. The molecule has 1 atom stereocenters. The highest BCUT2D eigenvalue weighted by Crippen LogP contribution is 2.68. The predicted molar refractivity (Wildman–Crippen MR) is 125 cm³/mol. The maximum Gasteiger partial charge on any atom is 0.511 e. The summed E-state index contributed by atoms with van der Waals surface area (Å²) in [6.45, 7) is 0.00116. The Hall–Kier alpha value is -1.65. The summed E-state index contributed by atoms with van der Waals surface area (Å²) in [5.74, 6) is 0.891. The first-order valence-corrected chi connectivity index (χ1v) is 13.9. The molecule has 1 aromatic heterocycles. The van der Waals surface area contributed by atoms with Gasteiger partial charge in [-0.15, -0.1) is 0 Å². The highest BCUT2D eigenvalue weighted by molar-refractivity contribution is 9.10. The van der Waals surface area contributed by atoms with Crippen molar-refractivity contribution < 1.29 is 21.6 Å². The molecule has 4 fully saturated rings. The first-order chi connectivity index (χ1) is 16.1. The van der Waals surface area contributed by atoms with Gasteiger partial charge in [0, 0.05) is 35.5 Å². The summed E-state index contributed by atoms with van der Waals surface area (Å²) >= 11 is 3.49. The molecule has 7 rings (SSSR count). The van der Waals surface area contributed by atoms with Crippen LogP contribution in [0.25, 0.3) is 0 Å². The number of hydrogen-bond donors (Lipinski definition) is 0. The molecule has 5 aliphatic rings. The lowest BCUT2D eigenvalue weighted by atomic mass is 9.41. The van der Waals surface area contributed by atoms with Crippen molar-refractivity contribution in [2.24, 2.45) is 11.3 Å². The van der Waals surface area contributed by atoms with E-state index < -0.39 is 15.5 Å². The smallest absolute Gasteiger partial charge is 0.360 e. The summed E-state index contributed by atoms with van der Waals surface area (Å²) in [6, 6.07) is 9.26. The second-order valence-electron chi connectivity index (χ2n) is 10.3. The fourth-order valence-electron chi connectivity index (χ4n) is 6.22. The van der Waals surface area contributed by atoms with Gasteiger partial charge in [-0.05, 0) is 78.7 Å². The van der Waals surface area contributed by atoms with Gasteiger partial charge < -0.3 is 4.90 Å². The second-order valence-corrected chi connectivity index (χ2v) is 13.2. The Morgan fingerprint density at radius 3 is 2.47 bits per heavy atom. The van der Waals surface area contributed by atoms with Crippen LogP contribution >= 0.6 is 15.9 Å². The van der Waals surface area contributed by atoms with Crippen LogP contribution in [0.1, 0.15) is 54.8 Å². The number of rotatable bonds is 5. The van der Waals surface area contributed by atoms with Gasteiger partial charge in [0.25, 0.3) is 0 Å². The molecule has 2 aromatic rings. The van der Waals surface area contributed by atoms with Gasteiger partial charge in [0.1, 0.15) is 0 Å². The van der Waals surface area contributed by atoms with Crippen LogP contribution in [0.4, 0.5) is 18.9 Å². The Labute approximate surface area is 205 Å². The first kappa shape index (κ1) is 22.8. The fourth-order valence-corrected chi connectivity index (χ4v) is 7.53. The van der Waals surface area contributed by atoms with Crippen LogP contribution in [0.2, 0.25) is 0 Å². The molecule has 2 heterocycles. The van der Waals surface area contributed by atoms with Crippen LogP contribution in [0.3, 0.4) is 0 Å². The number of nitrogens with zero attached hydrogens (tertiary/aromatic N) is 3. The minimum Gasteiger partial charge on any atom is -0.360 e. The first-order valence-electron chi connectivity index (χ1n) is 11.6. The molecule has 2 bridgehead atoms. The van der Waals surface area contributed by atoms with Crippen molar-refractivity contribution in [3.63, 3.8) is 0 Å². The Morgan fingerprint density at radius 2 is 1.88 bits per heavy atom. The molecule has 0 radical (unpaired) electrons. The van der Waals surface area contributed by atoms with Gasteiger partial charge in [0.05, 0.1) is 12.2 Å². The third-order valence-corrected chi connectivity index (χ3v) is 10.2. The molecule has 0 N–H and O–H groups in total. The summed E-state index contributed by atoms with van der Waals surface area (Å²) in [6.07, 6.45) is 6.48. The van der Waals surface area contributed by atoms with Gasteiger partial charge in [-0.1, -0.05) is 28.1 Å². The quantitative estimate of drug-likeness (QED) is 0.484. The van der Waals surface area contributed by atoms with E-state index in [1.54, 1.807) is 6.20 Å². The zero-order valence-electron chi connectivity index (χ0n) is 18.4. The topological polar surface area (TPSA) is 53.5 Å². The van der Waals surface area contributed by atoms with Crippen LogP contribution in [0, 0.1) is 11.3 Å². The van der Waals surface area contributed by atoms with Crippen molar-refractivity contribution in [2.45, 2.75) is 62.7 Å². The zero-order chi connectivity index (χ0) is 23.9. The Kier molecular flexibility index (Phi) is 5.14. The standard InChI is InChI=1S/C24H25BrF3N3O2S/c25-17-6-7-29-18(8-17)12-31-21-3-1-2-19(16-4-5-16)20(21)13-30(34(32,33)24(26,27)28)14-22(31)23-9-15(10-23)11-23/h1-3,6-8,15-16,22H,4-5,9-14H2. The number of anilines is 1. The van der Waals surface area contributed by atoms with E-state index in [1.165, 1.54) is 0 Å². The van der Waals surface area contributed by atoms with Gasteiger partial charge in [0.2, 0.25) is 0 Å². The lowest BCUT2D eigenvalue weighted by Crippen LogP contribution is -2.66. The summed E-state index contributed by atoms with van der Waals surface area (Å²) < 4.78 is 68.3. The Bertz CT molecular complexity index is 1230. The highest BCUT2D eigenvalue weighted by Gasteiger charge is 2.63. The molecule has 0 saturated heterocycles. The number of hydrogen-bond acceptors (Lipinski definition) is 4. The van der Waals surface area contributed by atoms with Gasteiger partial charge in [-0.2, -0.15) is 17.5 Å². The largest absolute Gasteiger partial charge is 0.511 e. The van der Waals surface area contributed by atoms with E-state index in [2.05, 4.69) is 25.8 Å². The summed E-state index contributed by atoms with van der Waals surface area (Å²) in [7, 11) is -5.47. The molecule has 0 spiro atoms. The number of pyridine rings is 1. The third-order valence-electron chi connectivity index (χ3n) is 8.14. The molecule has 34 heavy (non-hydrogen) atoms. The van der Waals surface area contributed by atoms with Crippen molar-refractivity contribution in [1.82, 2.24) is 9.29 Å². The predicted octanol–water partition coefficient (Wildman–Crippen LogP) is 5.56. The van der Waals surface area contributed by atoms with E-state index in [0.717, 1.165) is 53.5 Å². The number of sulfonamides is 1. The SMILES string of the molecule is O=S(=O)(N1Cc2c(C3CC3)cccc2N(Cc2cc(Br)ccn2)C(C23CC(C2)C3)C1)C(F)(F)F. The Balaban J connectivity index is 1.50. The van der Waals surface area contributed by atoms with Crippen LogP contribution in [0.15, 0.2) is 41.0 Å². The molecule has 1 unspecified atom stereocenters. The average Bonchev–Trinajstić information content (AvgIpc) is 3.53. The molecule has 4 saturated carbocycles. The number of benzene rings is 1. The number of fused-ring (bicyclic) bond motifs is 1. The van der Waals surface area contributed by atoms with Crippen molar-refractivity contribution in [3.05, 3.63) is 57.8 Å². The summed E-state index contributed by atoms with van der Waals surface area (Å²) in [5.41, 5.74) is -2.14. The van der Waals surface area contributed by atoms with Crippen molar-refractivity contribution in [3.8, 4) is 0 Å². The Morgan fingerprint density at radius 1 is 1.15 bits per heavy atom. The van der Waals surface area contributed by atoms with E-state index in [0.29, 0.717) is 22.3 Å². The van der Waals surface area contributed by atoms with Crippen molar-refractivity contribution in [1.29, 1.82) is 0 Å². The number of alkyl halides is 3. The van der Waals surface area contributed by atoms with Crippen LogP contribution in [0.5, 0.6) is 0 Å². The van der Waals surface area contributed by atoms with E-state index in [9.17, 15) is 21.6 Å². The number of halogens is 4. The zero-order valence-corrected chi connectivity index (χ0v) is 20.8. The van der Waals surface area contributed by atoms with Crippen LogP contribution in [-0.2, 0) is 23.1 Å². The highest BCUT2D eigenvalue weighted by atomic mass is 79.9. The molecule has 5 nitrogen and oxygen atoms in total. The fraction of sp³-hybridized carbons (Fsp3) is 0.542. The van der Waals surface area contributed by atoms with E-state index in [1.807, 2.05) is 30.3 Å². The van der Waals surface area contributed by atoms with E-state index in [4.69, 9.17) is 0 Å². The van der Waals surface area contributed by atoms with Gasteiger partial charge >= 0.3 is 15.5 Å². The van der Waals surface area contributed by atoms with E-state index >= 15 is 0 Å². The molecular weight excluding hydrogens is 531 g/mol. The molecule has 4 aliphatic carbocycles. The lowest BCUT2D eigenvalue weighted by molar-refractivity contribution is -0.129. The normalized spacial score (nSPS) is 29.1. The maximum absolute atomic E-state index is 13.8. The summed E-state index contributed by atoms with van der Waals surface area (Å²) in [5, 5.41) is 0.